The summed E-state index contributed by atoms with van der Waals surface area (Å²) in [6.45, 7) is 3.12. The fraction of sp³-hybridized carbons (Fsp3) is 0.875. The first kappa shape index (κ1) is 20.2. The Morgan fingerprint density at radius 3 is 2.35 bits per heavy atom. The molecule has 1 heterocycles. The van der Waals surface area contributed by atoms with Crippen molar-refractivity contribution in [2.75, 3.05) is 46.4 Å². The topological polar surface area (TPSA) is 75.9 Å². The summed E-state index contributed by atoms with van der Waals surface area (Å²) in [5, 5.41) is 0. The van der Waals surface area contributed by atoms with Gasteiger partial charge in [-0.25, -0.2) is 0 Å². The minimum absolute atomic E-state index is 0. The van der Waals surface area contributed by atoms with Gasteiger partial charge in [0.2, 0.25) is 11.8 Å². The number of carbonyl (C=O) groups is 2. The Morgan fingerprint density at radius 1 is 1.17 bits per heavy atom. The van der Waals surface area contributed by atoms with Gasteiger partial charge < -0.3 is 20.3 Å². The average Bonchev–Trinajstić information content (AvgIpc) is 2.56. The van der Waals surface area contributed by atoms with Gasteiger partial charge in [-0.3, -0.25) is 9.59 Å². The summed E-state index contributed by atoms with van der Waals surface area (Å²) in [5.74, 6) is 0.0403. The van der Waals surface area contributed by atoms with Gasteiger partial charge in [-0.15, -0.1) is 12.4 Å². The molecule has 6 nitrogen and oxygen atoms in total. The molecule has 23 heavy (non-hydrogen) atoms. The zero-order valence-electron chi connectivity index (χ0n) is 14.1. The molecular weight excluding hydrogens is 318 g/mol. The molecule has 2 aliphatic rings. The van der Waals surface area contributed by atoms with E-state index in [-0.39, 0.29) is 36.2 Å². The first-order valence-corrected chi connectivity index (χ1v) is 8.36. The average molecular weight is 348 g/mol. The maximum Gasteiger partial charge on any atom is 0.242 e. The lowest BCUT2D eigenvalue weighted by Crippen LogP contribution is -2.47. The fourth-order valence-electron chi connectivity index (χ4n) is 3.41. The van der Waals surface area contributed by atoms with Gasteiger partial charge in [0.15, 0.2) is 0 Å². The minimum Gasteiger partial charge on any atom is -0.378 e. The number of likely N-dealkylation sites (N-methyl/N-ethyl adjacent to an activating group) is 1. The van der Waals surface area contributed by atoms with Crippen LogP contribution in [0.2, 0.25) is 0 Å². The van der Waals surface area contributed by atoms with Gasteiger partial charge >= 0.3 is 0 Å². The van der Waals surface area contributed by atoms with Crippen molar-refractivity contribution in [2.24, 2.45) is 11.1 Å². The lowest BCUT2D eigenvalue weighted by molar-refractivity contribution is -0.143. The molecule has 0 aromatic heterocycles. The first-order chi connectivity index (χ1) is 10.6. The molecule has 0 atom stereocenters. The predicted octanol–water partition coefficient (Wildman–Crippen LogP) is 1.02. The van der Waals surface area contributed by atoms with Crippen LogP contribution in [0.15, 0.2) is 0 Å². The van der Waals surface area contributed by atoms with Crippen LogP contribution in [0.3, 0.4) is 0 Å². The molecule has 1 aliphatic heterocycles. The van der Waals surface area contributed by atoms with Gasteiger partial charge in [0.05, 0.1) is 19.8 Å². The third kappa shape index (κ3) is 5.62. The van der Waals surface area contributed by atoms with Crippen LogP contribution in [0.4, 0.5) is 0 Å². The van der Waals surface area contributed by atoms with Crippen molar-refractivity contribution in [3.63, 3.8) is 0 Å². The maximum absolute atomic E-state index is 12.5. The molecule has 0 aromatic rings. The van der Waals surface area contributed by atoms with Crippen LogP contribution in [0.5, 0.6) is 0 Å². The van der Waals surface area contributed by atoms with Crippen molar-refractivity contribution in [2.45, 2.75) is 38.5 Å². The lowest BCUT2D eigenvalue weighted by atomic mass is 9.71. The van der Waals surface area contributed by atoms with Crippen LogP contribution in [0.1, 0.15) is 38.5 Å². The summed E-state index contributed by atoms with van der Waals surface area (Å²) in [6.07, 6.45) is 6.07. The number of rotatable bonds is 5. The smallest absolute Gasteiger partial charge is 0.242 e. The van der Waals surface area contributed by atoms with Crippen molar-refractivity contribution in [3.05, 3.63) is 0 Å². The van der Waals surface area contributed by atoms with E-state index in [2.05, 4.69) is 0 Å². The van der Waals surface area contributed by atoms with E-state index in [1.54, 1.807) is 16.8 Å². The number of nitrogens with two attached hydrogens (primary N) is 1. The number of amides is 2. The van der Waals surface area contributed by atoms with Crippen molar-refractivity contribution < 1.29 is 14.3 Å². The van der Waals surface area contributed by atoms with Crippen LogP contribution in [0.25, 0.3) is 0 Å². The van der Waals surface area contributed by atoms with Crippen LogP contribution in [-0.4, -0.2) is 68.1 Å². The largest absolute Gasteiger partial charge is 0.378 e. The summed E-state index contributed by atoms with van der Waals surface area (Å²) in [4.78, 5) is 28.0. The Balaban J connectivity index is 0.00000264. The highest BCUT2D eigenvalue weighted by Crippen LogP contribution is 2.38. The Morgan fingerprint density at radius 2 is 1.78 bits per heavy atom. The zero-order chi connectivity index (χ0) is 16.0. The van der Waals surface area contributed by atoms with Crippen LogP contribution in [0, 0.1) is 5.41 Å². The van der Waals surface area contributed by atoms with Gasteiger partial charge in [-0.05, 0) is 24.8 Å². The second-order valence-corrected chi connectivity index (χ2v) is 6.68. The Kier molecular flexibility index (Phi) is 8.29. The third-order valence-electron chi connectivity index (χ3n) is 5.04. The molecule has 0 unspecified atom stereocenters. The standard InChI is InChI=1S/C16H29N3O3.ClH/c1-18(12-15(21)19-7-9-22-10-8-19)14(20)11-16(13-17)5-3-2-4-6-16;/h2-13,17H2,1H3;1H. The van der Waals surface area contributed by atoms with Gasteiger partial charge in [0, 0.05) is 26.6 Å². The molecule has 2 N–H and O–H groups in total. The highest BCUT2D eigenvalue weighted by atomic mass is 35.5. The SMILES string of the molecule is CN(CC(=O)N1CCOCC1)C(=O)CC1(CN)CCCCC1.Cl. The summed E-state index contributed by atoms with van der Waals surface area (Å²) in [6, 6.07) is 0. The highest BCUT2D eigenvalue weighted by molar-refractivity contribution is 5.85. The van der Waals surface area contributed by atoms with Crippen LogP contribution in [-0.2, 0) is 14.3 Å². The van der Waals surface area contributed by atoms with E-state index < -0.39 is 0 Å². The molecule has 1 saturated carbocycles. The molecule has 1 aliphatic carbocycles. The Hall–Kier alpha value is -0.850. The molecule has 2 fully saturated rings. The maximum atomic E-state index is 12.5. The Labute approximate surface area is 145 Å². The van der Waals surface area contributed by atoms with Crippen molar-refractivity contribution in [1.29, 1.82) is 0 Å². The zero-order valence-corrected chi connectivity index (χ0v) is 14.9. The molecule has 0 aromatic carbocycles. The van der Waals surface area contributed by atoms with Crippen molar-refractivity contribution >= 4 is 24.2 Å². The second-order valence-electron chi connectivity index (χ2n) is 6.68. The van der Waals surface area contributed by atoms with Gasteiger partial charge in [0.25, 0.3) is 0 Å². The Bertz CT molecular complexity index is 394. The quantitative estimate of drug-likeness (QED) is 0.805. The lowest BCUT2D eigenvalue weighted by Gasteiger charge is -2.37. The first-order valence-electron chi connectivity index (χ1n) is 8.36. The normalized spacial score (nSPS) is 20.5. The number of halogens is 1. The van der Waals surface area contributed by atoms with Crippen LogP contribution < -0.4 is 5.73 Å². The number of hydrogen-bond acceptors (Lipinski definition) is 4. The number of nitrogens with zero attached hydrogens (tertiary/aromatic N) is 2. The van der Waals surface area contributed by atoms with Gasteiger partial charge in [0.1, 0.15) is 0 Å². The summed E-state index contributed by atoms with van der Waals surface area (Å²) in [5.41, 5.74) is 5.90. The molecule has 0 bridgehead atoms. The third-order valence-corrected chi connectivity index (χ3v) is 5.04. The van der Waals surface area contributed by atoms with Crippen LogP contribution >= 0.6 is 12.4 Å². The van der Waals surface area contributed by atoms with Gasteiger partial charge in [-0.2, -0.15) is 0 Å². The minimum atomic E-state index is -0.0500. The summed E-state index contributed by atoms with van der Waals surface area (Å²) >= 11 is 0. The van der Waals surface area contributed by atoms with E-state index in [0.29, 0.717) is 39.3 Å². The number of ether oxygens (including phenoxy) is 1. The molecule has 0 spiro atoms. The molecular formula is C16H30ClN3O3. The van der Waals surface area contributed by atoms with E-state index in [1.165, 1.54) is 6.42 Å². The van der Waals surface area contributed by atoms with E-state index in [1.807, 2.05) is 0 Å². The number of carbonyl (C=O) groups excluding carboxylic acids is 2. The summed E-state index contributed by atoms with van der Waals surface area (Å²) < 4.78 is 5.24. The van der Waals surface area contributed by atoms with E-state index in [0.717, 1.165) is 25.7 Å². The van der Waals surface area contributed by atoms with Crippen molar-refractivity contribution in [3.8, 4) is 0 Å². The summed E-state index contributed by atoms with van der Waals surface area (Å²) in [7, 11) is 1.72. The second kappa shape index (κ2) is 9.45. The number of hydrogen-bond donors (Lipinski definition) is 1. The predicted molar refractivity (Wildman–Crippen MR) is 91.5 cm³/mol. The molecule has 2 rings (SSSR count). The molecule has 1 saturated heterocycles. The molecule has 7 heteroatoms. The molecule has 0 radical (unpaired) electrons. The van der Waals surface area contributed by atoms with E-state index in [9.17, 15) is 9.59 Å². The van der Waals surface area contributed by atoms with E-state index >= 15 is 0 Å². The van der Waals surface area contributed by atoms with E-state index in [4.69, 9.17) is 10.5 Å². The van der Waals surface area contributed by atoms with Gasteiger partial charge in [-0.1, -0.05) is 19.3 Å². The highest BCUT2D eigenvalue weighted by Gasteiger charge is 2.34. The number of morpholine rings is 1. The monoisotopic (exact) mass is 347 g/mol. The fourth-order valence-corrected chi connectivity index (χ4v) is 3.41. The van der Waals surface area contributed by atoms with Crippen molar-refractivity contribution in [1.82, 2.24) is 9.80 Å². The molecule has 134 valence electrons. The molecule has 2 amide bonds.